The molecule has 0 bridgehead atoms. The highest BCUT2D eigenvalue weighted by Crippen LogP contribution is 2.15. The zero-order valence-electron chi connectivity index (χ0n) is 8.87. The van der Waals surface area contributed by atoms with E-state index in [9.17, 15) is 0 Å². The van der Waals surface area contributed by atoms with Gasteiger partial charge in [0.1, 0.15) is 5.82 Å². The number of likely N-dealkylation sites (N-methyl/N-ethyl adjacent to an activating group) is 1. The Morgan fingerprint density at radius 1 is 1.60 bits per heavy atom. The molecule has 15 heavy (non-hydrogen) atoms. The van der Waals surface area contributed by atoms with Gasteiger partial charge in [-0.1, -0.05) is 15.9 Å². The van der Waals surface area contributed by atoms with Crippen molar-refractivity contribution in [1.29, 1.82) is 0 Å². The van der Waals surface area contributed by atoms with E-state index in [2.05, 4.69) is 43.6 Å². The van der Waals surface area contributed by atoms with Crippen LogP contribution in [-0.2, 0) is 6.42 Å². The molecule has 0 aliphatic rings. The lowest BCUT2D eigenvalue weighted by molar-refractivity contribution is 0.590. The molecule has 1 N–H and O–H groups in total. The number of rotatable bonds is 3. The van der Waals surface area contributed by atoms with Gasteiger partial charge in [0.05, 0.1) is 11.7 Å². The number of imidazole rings is 1. The fraction of sp³-hybridized carbons (Fsp3) is 0.364. The Bertz CT molecular complexity index is 464. The third kappa shape index (κ3) is 2.21. The molecule has 2 aromatic heterocycles. The number of pyridine rings is 1. The van der Waals surface area contributed by atoms with E-state index in [4.69, 9.17) is 0 Å². The van der Waals surface area contributed by atoms with Crippen molar-refractivity contribution in [3.05, 3.63) is 34.8 Å². The molecule has 3 nitrogen and oxygen atoms in total. The zero-order chi connectivity index (χ0) is 10.8. The Morgan fingerprint density at radius 2 is 2.40 bits per heavy atom. The van der Waals surface area contributed by atoms with Gasteiger partial charge >= 0.3 is 0 Å². The van der Waals surface area contributed by atoms with Crippen LogP contribution in [0.15, 0.2) is 29.0 Å². The van der Waals surface area contributed by atoms with Crippen molar-refractivity contribution >= 4 is 21.4 Å². The lowest BCUT2D eigenvalue weighted by Crippen LogP contribution is -2.24. The van der Waals surface area contributed by atoms with Crippen LogP contribution in [0, 0.1) is 0 Å². The van der Waals surface area contributed by atoms with E-state index in [1.54, 1.807) is 0 Å². The van der Waals surface area contributed by atoms with Crippen molar-refractivity contribution in [1.82, 2.24) is 14.7 Å². The Balaban J connectivity index is 2.36. The largest absolute Gasteiger partial charge is 0.317 e. The molecule has 0 fully saturated rings. The van der Waals surface area contributed by atoms with E-state index in [1.165, 1.54) is 0 Å². The summed E-state index contributed by atoms with van der Waals surface area (Å²) in [4.78, 5) is 4.43. The molecule has 2 rings (SSSR count). The quantitative estimate of drug-likeness (QED) is 0.925. The van der Waals surface area contributed by atoms with Crippen molar-refractivity contribution in [2.45, 2.75) is 19.4 Å². The van der Waals surface area contributed by atoms with E-state index >= 15 is 0 Å². The maximum absolute atomic E-state index is 4.43. The van der Waals surface area contributed by atoms with Crippen LogP contribution < -0.4 is 5.32 Å². The summed E-state index contributed by atoms with van der Waals surface area (Å²) in [6.07, 6.45) is 4.89. The molecular formula is C11H14BrN3. The Hall–Kier alpha value is -0.870. The first-order chi connectivity index (χ1) is 7.20. The number of nitrogens with zero attached hydrogens (tertiary/aromatic N) is 2. The third-order valence-corrected chi connectivity index (χ3v) is 3.05. The first-order valence-electron chi connectivity index (χ1n) is 4.99. The molecule has 0 amide bonds. The van der Waals surface area contributed by atoms with E-state index in [1.807, 2.05) is 25.5 Å². The lowest BCUT2D eigenvalue weighted by atomic mass is 10.2. The van der Waals surface area contributed by atoms with Gasteiger partial charge in [-0.15, -0.1) is 0 Å². The van der Waals surface area contributed by atoms with E-state index in [-0.39, 0.29) is 0 Å². The van der Waals surface area contributed by atoms with E-state index in [0.29, 0.717) is 6.04 Å². The van der Waals surface area contributed by atoms with Gasteiger partial charge in [-0.25, -0.2) is 4.98 Å². The van der Waals surface area contributed by atoms with Crippen LogP contribution in [0.4, 0.5) is 0 Å². The first kappa shape index (κ1) is 10.6. The van der Waals surface area contributed by atoms with Gasteiger partial charge < -0.3 is 9.72 Å². The van der Waals surface area contributed by atoms with Crippen molar-refractivity contribution in [3.8, 4) is 0 Å². The van der Waals surface area contributed by atoms with Gasteiger partial charge in [-0.05, 0) is 26.1 Å². The summed E-state index contributed by atoms with van der Waals surface area (Å²) in [6.45, 7) is 2.15. The maximum atomic E-state index is 4.43. The average molecular weight is 268 g/mol. The van der Waals surface area contributed by atoms with Crippen molar-refractivity contribution in [3.63, 3.8) is 0 Å². The van der Waals surface area contributed by atoms with Crippen molar-refractivity contribution in [2.24, 2.45) is 0 Å². The molecule has 0 saturated heterocycles. The van der Waals surface area contributed by atoms with Crippen LogP contribution in [0.2, 0.25) is 0 Å². The van der Waals surface area contributed by atoms with Crippen LogP contribution in [0.25, 0.3) is 5.52 Å². The Kier molecular flexibility index (Phi) is 3.07. The molecular weight excluding hydrogens is 254 g/mol. The molecule has 0 saturated carbocycles. The lowest BCUT2D eigenvalue weighted by Gasteiger charge is -2.08. The van der Waals surface area contributed by atoms with E-state index in [0.717, 1.165) is 22.2 Å². The second-order valence-corrected chi connectivity index (χ2v) is 4.62. The second kappa shape index (κ2) is 4.33. The van der Waals surface area contributed by atoms with E-state index < -0.39 is 0 Å². The van der Waals surface area contributed by atoms with Crippen LogP contribution in [0.3, 0.4) is 0 Å². The molecule has 2 heterocycles. The maximum Gasteiger partial charge on any atom is 0.114 e. The standard InChI is InChI=1S/C11H14BrN3/c1-8(13-2)5-11-14-7-10-6-9(12)3-4-15(10)11/h3-4,6-8,13H,5H2,1-2H3. The smallest absolute Gasteiger partial charge is 0.114 e. The predicted octanol–water partition coefficient (Wildman–Crippen LogP) is 2.25. The van der Waals surface area contributed by atoms with Crippen molar-refractivity contribution < 1.29 is 0 Å². The molecule has 0 aromatic carbocycles. The summed E-state index contributed by atoms with van der Waals surface area (Å²) < 4.78 is 3.21. The highest BCUT2D eigenvalue weighted by molar-refractivity contribution is 9.10. The van der Waals surface area contributed by atoms with Gasteiger partial charge in [0.25, 0.3) is 0 Å². The molecule has 0 spiro atoms. The summed E-state index contributed by atoms with van der Waals surface area (Å²) >= 11 is 3.45. The molecule has 0 aliphatic heterocycles. The van der Waals surface area contributed by atoms with Gasteiger partial charge in [-0.2, -0.15) is 0 Å². The summed E-state index contributed by atoms with van der Waals surface area (Å²) in [5.74, 6) is 1.10. The Labute approximate surface area is 97.6 Å². The summed E-state index contributed by atoms with van der Waals surface area (Å²) in [5.41, 5.74) is 1.13. The molecule has 1 atom stereocenters. The average Bonchev–Trinajstić information content (AvgIpc) is 2.60. The zero-order valence-corrected chi connectivity index (χ0v) is 10.5. The molecule has 1 unspecified atom stereocenters. The van der Waals surface area contributed by atoms with Crippen LogP contribution in [0.1, 0.15) is 12.7 Å². The van der Waals surface area contributed by atoms with Gasteiger partial charge in [0.2, 0.25) is 0 Å². The Morgan fingerprint density at radius 3 is 3.13 bits per heavy atom. The van der Waals surface area contributed by atoms with Crippen molar-refractivity contribution in [2.75, 3.05) is 7.05 Å². The van der Waals surface area contributed by atoms with Crippen LogP contribution >= 0.6 is 15.9 Å². The number of fused-ring (bicyclic) bond motifs is 1. The molecule has 0 radical (unpaired) electrons. The SMILES string of the molecule is CNC(C)Cc1ncc2cc(Br)ccn12. The monoisotopic (exact) mass is 267 g/mol. The molecule has 2 aromatic rings. The highest BCUT2D eigenvalue weighted by atomic mass is 79.9. The normalized spacial score (nSPS) is 13.3. The fourth-order valence-corrected chi connectivity index (χ4v) is 1.91. The number of halogens is 1. The summed E-state index contributed by atoms with van der Waals surface area (Å²) in [7, 11) is 1.97. The minimum absolute atomic E-state index is 0.444. The number of hydrogen-bond donors (Lipinski definition) is 1. The second-order valence-electron chi connectivity index (χ2n) is 3.71. The van der Waals surface area contributed by atoms with Gasteiger partial charge in [0.15, 0.2) is 0 Å². The molecule has 4 heteroatoms. The topological polar surface area (TPSA) is 29.3 Å². The van der Waals surface area contributed by atoms with Gasteiger partial charge in [0, 0.05) is 23.1 Å². The number of aromatic nitrogens is 2. The summed E-state index contributed by atoms with van der Waals surface area (Å²) in [5, 5.41) is 3.22. The van der Waals surface area contributed by atoms with Gasteiger partial charge in [-0.3, -0.25) is 0 Å². The third-order valence-electron chi connectivity index (χ3n) is 2.55. The fourth-order valence-electron chi connectivity index (χ4n) is 1.56. The first-order valence-corrected chi connectivity index (χ1v) is 5.79. The molecule has 80 valence electrons. The van der Waals surface area contributed by atoms with Crippen LogP contribution in [-0.4, -0.2) is 22.5 Å². The summed E-state index contributed by atoms with van der Waals surface area (Å²) in [6, 6.07) is 4.54. The minimum atomic E-state index is 0.444. The number of hydrogen-bond acceptors (Lipinski definition) is 2. The minimum Gasteiger partial charge on any atom is -0.317 e. The highest BCUT2D eigenvalue weighted by Gasteiger charge is 2.07. The van der Waals surface area contributed by atoms with Crippen LogP contribution in [0.5, 0.6) is 0 Å². The number of nitrogens with one attached hydrogen (secondary N) is 1. The molecule has 0 aliphatic carbocycles. The predicted molar refractivity (Wildman–Crippen MR) is 65.1 cm³/mol.